The largest absolute Gasteiger partial charge is 0.490 e. The van der Waals surface area contributed by atoms with Gasteiger partial charge in [0.05, 0.1) is 36.3 Å². The number of nitrogens with zero attached hydrogens (tertiary/aromatic N) is 2. The van der Waals surface area contributed by atoms with Crippen LogP contribution >= 0.6 is 11.6 Å². The number of allylic oxidation sites excluding steroid dienone is 2. The van der Waals surface area contributed by atoms with Crippen molar-refractivity contribution in [3.8, 4) is 11.5 Å². The summed E-state index contributed by atoms with van der Waals surface area (Å²) in [5.41, 5.74) is 0.524. The molecule has 1 aromatic carbocycles. The molecule has 9 heteroatoms. The van der Waals surface area contributed by atoms with Crippen LogP contribution in [0.25, 0.3) is 0 Å². The number of carbonyl (C=O) groups excluding carboxylic acids is 3. The summed E-state index contributed by atoms with van der Waals surface area (Å²) in [6.45, 7) is 3.78. The monoisotopic (exact) mass is 446 g/mol. The van der Waals surface area contributed by atoms with Gasteiger partial charge in [-0.25, -0.2) is 4.79 Å². The summed E-state index contributed by atoms with van der Waals surface area (Å²) >= 11 is 6.33. The Hall–Kier alpha value is -2.87. The third-order valence-corrected chi connectivity index (χ3v) is 6.02. The Bertz CT molecular complexity index is 945. The van der Waals surface area contributed by atoms with Gasteiger partial charge in [-0.05, 0) is 49.8 Å². The van der Waals surface area contributed by atoms with E-state index in [9.17, 15) is 14.4 Å². The van der Waals surface area contributed by atoms with E-state index in [2.05, 4.69) is 5.10 Å². The maximum atomic E-state index is 12.7. The highest BCUT2D eigenvalue weighted by Crippen LogP contribution is 2.52. The average Bonchev–Trinajstić information content (AvgIpc) is 3.41. The van der Waals surface area contributed by atoms with Crippen molar-refractivity contribution >= 4 is 35.6 Å². The third-order valence-electron chi connectivity index (χ3n) is 5.74. The molecule has 0 unspecified atom stereocenters. The van der Waals surface area contributed by atoms with Crippen molar-refractivity contribution in [2.75, 3.05) is 19.8 Å². The highest BCUT2D eigenvalue weighted by Gasteiger charge is 2.59. The lowest BCUT2D eigenvalue weighted by atomic mass is 9.85. The number of imide groups is 1. The van der Waals surface area contributed by atoms with Gasteiger partial charge < -0.3 is 14.2 Å². The van der Waals surface area contributed by atoms with Crippen LogP contribution in [0.2, 0.25) is 5.02 Å². The number of fused-ring (bicyclic) bond motifs is 5. The molecule has 2 aliphatic carbocycles. The molecule has 4 atom stereocenters. The number of hydrazone groups is 1. The average molecular weight is 447 g/mol. The molecular weight excluding hydrogens is 424 g/mol. The van der Waals surface area contributed by atoms with Gasteiger partial charge in [-0.15, -0.1) is 0 Å². The minimum Gasteiger partial charge on any atom is -0.490 e. The Balaban J connectivity index is 1.52. The predicted molar refractivity (Wildman–Crippen MR) is 112 cm³/mol. The number of benzene rings is 1. The number of carbonyl (C=O) groups is 3. The summed E-state index contributed by atoms with van der Waals surface area (Å²) in [5.74, 6) is -0.864. The summed E-state index contributed by atoms with van der Waals surface area (Å²) in [6, 6.07) is 3.18. The molecule has 164 valence electrons. The second kappa shape index (κ2) is 8.70. The van der Waals surface area contributed by atoms with Crippen molar-refractivity contribution < 1.29 is 28.6 Å². The van der Waals surface area contributed by atoms with Gasteiger partial charge in [-0.1, -0.05) is 23.8 Å². The SMILES string of the molecule is CCOC(=O)COc1c(Cl)cc(C=NN2C(=O)[C@@H]3[C@H](C2=O)[C@H]2C=C[C@H]3C2)cc1OCC. The van der Waals surface area contributed by atoms with Crippen molar-refractivity contribution in [1.82, 2.24) is 5.01 Å². The molecule has 0 aromatic heterocycles. The molecule has 2 fully saturated rings. The number of hydrogen-bond donors (Lipinski definition) is 0. The minimum atomic E-state index is -0.522. The zero-order valence-corrected chi connectivity index (χ0v) is 18.0. The minimum absolute atomic E-state index is 0.126. The first kappa shape index (κ1) is 21.4. The number of ether oxygens (including phenoxy) is 3. The van der Waals surface area contributed by atoms with Gasteiger partial charge >= 0.3 is 5.97 Å². The van der Waals surface area contributed by atoms with E-state index in [0.717, 1.165) is 11.4 Å². The van der Waals surface area contributed by atoms with Gasteiger partial charge in [-0.2, -0.15) is 10.1 Å². The third kappa shape index (κ3) is 3.92. The van der Waals surface area contributed by atoms with Crippen LogP contribution in [0.15, 0.2) is 29.4 Å². The topological polar surface area (TPSA) is 94.5 Å². The lowest BCUT2D eigenvalue weighted by molar-refractivity contribution is -0.145. The highest BCUT2D eigenvalue weighted by atomic mass is 35.5. The highest BCUT2D eigenvalue weighted by molar-refractivity contribution is 6.32. The summed E-state index contributed by atoms with van der Waals surface area (Å²) < 4.78 is 15.9. The van der Waals surface area contributed by atoms with E-state index in [1.807, 2.05) is 12.2 Å². The van der Waals surface area contributed by atoms with Crippen molar-refractivity contribution in [3.05, 3.63) is 34.9 Å². The number of halogens is 1. The molecule has 1 aliphatic heterocycles. The molecule has 31 heavy (non-hydrogen) atoms. The van der Waals surface area contributed by atoms with Gasteiger partial charge in [0.25, 0.3) is 11.8 Å². The first-order valence-corrected chi connectivity index (χ1v) is 10.7. The molecule has 0 spiro atoms. The van der Waals surface area contributed by atoms with E-state index >= 15 is 0 Å². The van der Waals surface area contributed by atoms with E-state index in [1.54, 1.807) is 26.0 Å². The second-order valence-electron chi connectivity index (χ2n) is 7.59. The van der Waals surface area contributed by atoms with Gasteiger partial charge in [0, 0.05) is 0 Å². The predicted octanol–water partition coefficient (Wildman–Crippen LogP) is 2.82. The lowest BCUT2D eigenvalue weighted by Crippen LogP contribution is -2.28. The van der Waals surface area contributed by atoms with E-state index in [0.29, 0.717) is 17.9 Å². The number of rotatable bonds is 8. The fourth-order valence-corrected chi connectivity index (χ4v) is 4.80. The van der Waals surface area contributed by atoms with Crippen LogP contribution in [0.4, 0.5) is 0 Å². The van der Waals surface area contributed by atoms with E-state index in [1.165, 1.54) is 6.21 Å². The zero-order chi connectivity index (χ0) is 22.1. The fraction of sp³-hybridized carbons (Fsp3) is 0.455. The fourth-order valence-electron chi connectivity index (χ4n) is 4.52. The van der Waals surface area contributed by atoms with Crippen LogP contribution < -0.4 is 9.47 Å². The molecule has 1 saturated carbocycles. The van der Waals surface area contributed by atoms with Crippen molar-refractivity contribution in [1.29, 1.82) is 0 Å². The van der Waals surface area contributed by atoms with Gasteiger partial charge in [-0.3, -0.25) is 9.59 Å². The first-order valence-electron chi connectivity index (χ1n) is 10.3. The number of esters is 1. The Morgan fingerprint density at radius 1 is 1.13 bits per heavy atom. The smallest absolute Gasteiger partial charge is 0.344 e. The molecule has 2 bridgehead atoms. The van der Waals surface area contributed by atoms with Crippen molar-refractivity contribution in [2.45, 2.75) is 20.3 Å². The summed E-state index contributed by atoms with van der Waals surface area (Å²) in [7, 11) is 0. The van der Waals surface area contributed by atoms with Crippen LogP contribution in [0, 0.1) is 23.7 Å². The Labute approximate surface area is 184 Å². The molecule has 1 heterocycles. The van der Waals surface area contributed by atoms with E-state index in [4.69, 9.17) is 25.8 Å². The Kier molecular flexibility index (Phi) is 6.00. The molecule has 1 aromatic rings. The zero-order valence-electron chi connectivity index (χ0n) is 17.2. The first-order chi connectivity index (χ1) is 14.9. The molecule has 4 rings (SSSR count). The molecule has 0 radical (unpaired) electrons. The molecular formula is C22H23ClN2O6. The molecule has 3 aliphatic rings. The quantitative estimate of drug-likeness (QED) is 0.264. The number of hydrogen-bond acceptors (Lipinski definition) is 7. The lowest BCUT2D eigenvalue weighted by Gasteiger charge is -2.14. The van der Waals surface area contributed by atoms with Crippen LogP contribution in [0.5, 0.6) is 11.5 Å². The Morgan fingerprint density at radius 2 is 1.81 bits per heavy atom. The maximum Gasteiger partial charge on any atom is 0.344 e. The normalized spacial score (nSPS) is 26.1. The van der Waals surface area contributed by atoms with Crippen LogP contribution in [0.3, 0.4) is 0 Å². The van der Waals surface area contributed by atoms with Gasteiger partial charge in [0.2, 0.25) is 0 Å². The molecule has 2 amide bonds. The van der Waals surface area contributed by atoms with Crippen LogP contribution in [0.1, 0.15) is 25.8 Å². The Morgan fingerprint density at radius 3 is 2.42 bits per heavy atom. The van der Waals surface area contributed by atoms with Gasteiger partial charge in [0.1, 0.15) is 0 Å². The maximum absolute atomic E-state index is 12.7. The summed E-state index contributed by atoms with van der Waals surface area (Å²) in [5, 5.41) is 5.33. The summed E-state index contributed by atoms with van der Waals surface area (Å²) in [4.78, 5) is 37.1. The molecule has 0 N–H and O–H groups in total. The van der Waals surface area contributed by atoms with Crippen LogP contribution in [-0.2, 0) is 19.1 Å². The van der Waals surface area contributed by atoms with E-state index < -0.39 is 5.97 Å². The van der Waals surface area contributed by atoms with E-state index in [-0.39, 0.29) is 59.5 Å². The van der Waals surface area contributed by atoms with Crippen molar-refractivity contribution in [3.63, 3.8) is 0 Å². The molecule has 8 nitrogen and oxygen atoms in total. The number of amides is 2. The summed E-state index contributed by atoms with van der Waals surface area (Å²) in [6.07, 6.45) is 6.33. The van der Waals surface area contributed by atoms with Crippen LogP contribution in [-0.4, -0.2) is 48.8 Å². The standard InChI is InChI=1S/C22H23ClN2O6/c1-3-29-16-8-12(7-15(23)20(16)31-11-17(26)30-4-2)10-24-25-21(27)18-13-5-6-14(9-13)19(18)22(25)28/h5-8,10,13-14,18-19H,3-4,9,11H2,1-2H3/t13-,14-,18-,19+/m0/s1. The van der Waals surface area contributed by atoms with Crippen molar-refractivity contribution in [2.24, 2.45) is 28.8 Å². The second-order valence-corrected chi connectivity index (χ2v) is 8.00. The van der Waals surface area contributed by atoms with Gasteiger partial charge in [0.15, 0.2) is 18.1 Å². The molecule has 1 saturated heterocycles.